The van der Waals surface area contributed by atoms with Crippen LogP contribution in [0.15, 0.2) is 29.7 Å². The second kappa shape index (κ2) is 4.63. The van der Waals surface area contributed by atoms with E-state index in [1.54, 1.807) is 6.08 Å². The summed E-state index contributed by atoms with van der Waals surface area (Å²) in [5, 5.41) is 4.55. The Labute approximate surface area is 102 Å². The van der Waals surface area contributed by atoms with Gasteiger partial charge in [-0.15, -0.1) is 0 Å². The second-order valence-corrected chi connectivity index (χ2v) is 6.44. The molecule has 0 saturated heterocycles. The van der Waals surface area contributed by atoms with Gasteiger partial charge in [-0.1, -0.05) is 24.3 Å². The summed E-state index contributed by atoms with van der Waals surface area (Å²) in [6.45, 7) is 4.88. The fourth-order valence-electron chi connectivity index (χ4n) is 1.95. The third-order valence-electron chi connectivity index (χ3n) is 3.20. The summed E-state index contributed by atoms with van der Waals surface area (Å²) in [5.41, 5.74) is 3.76. The minimum Gasteiger partial charge on any atom is -0.305 e. The van der Waals surface area contributed by atoms with Gasteiger partial charge >= 0.3 is 0 Å². The van der Waals surface area contributed by atoms with Crippen LogP contribution in [-0.4, -0.2) is 20.2 Å². The van der Waals surface area contributed by atoms with E-state index < -0.39 is 9.84 Å². The van der Waals surface area contributed by atoms with Crippen molar-refractivity contribution in [3.63, 3.8) is 0 Å². The topological polar surface area (TPSA) is 46.2 Å². The number of aryl methyl sites for hydroxylation is 1. The predicted octanol–water partition coefficient (Wildman–Crippen LogP) is 1.70. The lowest BCUT2D eigenvalue weighted by atomic mass is 10.0. The number of hydrogen-bond donors (Lipinski definition) is 1. The molecule has 0 saturated carbocycles. The van der Waals surface area contributed by atoms with E-state index in [0.717, 1.165) is 0 Å². The maximum absolute atomic E-state index is 11.2. The Balaban J connectivity index is 2.00. The number of sulfone groups is 1. The number of nitrogens with one attached hydrogen (secondary N) is 1. The molecule has 2 rings (SSSR count). The lowest BCUT2D eigenvalue weighted by molar-refractivity contribution is 0.590. The zero-order chi connectivity index (χ0) is 12.5. The zero-order valence-electron chi connectivity index (χ0n) is 10.1. The van der Waals surface area contributed by atoms with Crippen LogP contribution in [0.2, 0.25) is 0 Å². The summed E-state index contributed by atoms with van der Waals surface area (Å²) in [6, 6.07) is 6.13. The van der Waals surface area contributed by atoms with Gasteiger partial charge in [0.05, 0.1) is 5.75 Å². The minimum atomic E-state index is -2.96. The SMILES string of the molecule is Cc1cccc(CNC2C=CS(=O)(=O)C2)c1C. The van der Waals surface area contributed by atoms with Gasteiger partial charge in [0, 0.05) is 18.0 Å². The highest BCUT2D eigenvalue weighted by molar-refractivity contribution is 7.94. The Morgan fingerprint density at radius 3 is 2.76 bits per heavy atom. The van der Waals surface area contributed by atoms with Crippen LogP contribution in [-0.2, 0) is 16.4 Å². The molecule has 4 heteroatoms. The fraction of sp³-hybridized carbons (Fsp3) is 0.385. The van der Waals surface area contributed by atoms with Crippen LogP contribution in [0.1, 0.15) is 16.7 Å². The van der Waals surface area contributed by atoms with Crippen molar-refractivity contribution >= 4 is 9.84 Å². The average Bonchev–Trinajstić information content (AvgIpc) is 2.61. The number of hydrogen-bond acceptors (Lipinski definition) is 3. The predicted molar refractivity (Wildman–Crippen MR) is 69.5 cm³/mol. The third kappa shape index (κ3) is 2.96. The van der Waals surface area contributed by atoms with Crippen molar-refractivity contribution in [2.75, 3.05) is 5.75 Å². The van der Waals surface area contributed by atoms with E-state index in [1.165, 1.54) is 22.1 Å². The molecule has 1 unspecified atom stereocenters. The smallest absolute Gasteiger partial charge is 0.173 e. The first-order valence-corrected chi connectivity index (χ1v) is 7.39. The van der Waals surface area contributed by atoms with Gasteiger partial charge in [0.2, 0.25) is 0 Å². The molecule has 0 radical (unpaired) electrons. The third-order valence-corrected chi connectivity index (χ3v) is 4.60. The second-order valence-electron chi connectivity index (χ2n) is 4.50. The van der Waals surface area contributed by atoms with Gasteiger partial charge in [-0.25, -0.2) is 8.42 Å². The molecule has 1 atom stereocenters. The maximum Gasteiger partial charge on any atom is 0.173 e. The van der Waals surface area contributed by atoms with Gasteiger partial charge in [0.15, 0.2) is 9.84 Å². The molecule has 92 valence electrons. The van der Waals surface area contributed by atoms with Crippen molar-refractivity contribution in [1.82, 2.24) is 5.32 Å². The molecule has 1 aliphatic rings. The molecule has 1 aliphatic heterocycles. The van der Waals surface area contributed by atoms with Gasteiger partial charge in [-0.05, 0) is 30.5 Å². The van der Waals surface area contributed by atoms with Crippen LogP contribution < -0.4 is 5.32 Å². The molecule has 1 aromatic carbocycles. The fourth-order valence-corrected chi connectivity index (χ4v) is 3.22. The van der Waals surface area contributed by atoms with E-state index in [2.05, 4.69) is 31.3 Å². The van der Waals surface area contributed by atoms with E-state index in [9.17, 15) is 8.42 Å². The highest BCUT2D eigenvalue weighted by atomic mass is 32.2. The molecule has 0 fully saturated rings. The Morgan fingerprint density at radius 1 is 1.35 bits per heavy atom. The van der Waals surface area contributed by atoms with Gasteiger partial charge < -0.3 is 5.32 Å². The van der Waals surface area contributed by atoms with Crippen molar-refractivity contribution in [3.8, 4) is 0 Å². The summed E-state index contributed by atoms with van der Waals surface area (Å²) < 4.78 is 22.5. The summed E-state index contributed by atoms with van der Waals surface area (Å²) >= 11 is 0. The van der Waals surface area contributed by atoms with E-state index in [-0.39, 0.29) is 11.8 Å². The molecule has 17 heavy (non-hydrogen) atoms. The molecule has 1 aromatic rings. The lowest BCUT2D eigenvalue weighted by Crippen LogP contribution is -2.29. The van der Waals surface area contributed by atoms with E-state index in [4.69, 9.17) is 0 Å². The summed E-state index contributed by atoms with van der Waals surface area (Å²) in [5.74, 6) is 0.178. The lowest BCUT2D eigenvalue weighted by Gasteiger charge is -2.12. The zero-order valence-corrected chi connectivity index (χ0v) is 10.9. The van der Waals surface area contributed by atoms with E-state index in [0.29, 0.717) is 6.54 Å². The Hall–Kier alpha value is -1.13. The van der Waals surface area contributed by atoms with Gasteiger partial charge in [-0.2, -0.15) is 0 Å². The van der Waals surface area contributed by atoms with Crippen LogP contribution >= 0.6 is 0 Å². The van der Waals surface area contributed by atoms with Gasteiger partial charge in [0.1, 0.15) is 0 Å². The van der Waals surface area contributed by atoms with Crippen LogP contribution in [0.5, 0.6) is 0 Å². The molecule has 0 spiro atoms. The van der Waals surface area contributed by atoms with Crippen LogP contribution in [0, 0.1) is 13.8 Å². The molecule has 0 aromatic heterocycles. The number of rotatable bonds is 3. The van der Waals surface area contributed by atoms with Crippen molar-refractivity contribution in [2.24, 2.45) is 0 Å². The Kier molecular flexibility index (Phi) is 3.35. The summed E-state index contributed by atoms with van der Waals surface area (Å²) in [4.78, 5) is 0. The van der Waals surface area contributed by atoms with Crippen molar-refractivity contribution < 1.29 is 8.42 Å². The number of benzene rings is 1. The molecule has 0 bridgehead atoms. The summed E-state index contributed by atoms with van der Waals surface area (Å²) in [6.07, 6.45) is 1.72. The van der Waals surface area contributed by atoms with Crippen molar-refractivity contribution in [1.29, 1.82) is 0 Å². The molecular formula is C13H17NO2S. The molecule has 0 amide bonds. The van der Waals surface area contributed by atoms with Crippen molar-refractivity contribution in [2.45, 2.75) is 26.4 Å². The first kappa shape index (κ1) is 12.3. The van der Waals surface area contributed by atoms with Crippen molar-refractivity contribution in [3.05, 3.63) is 46.4 Å². The first-order valence-electron chi connectivity index (χ1n) is 5.67. The highest BCUT2D eigenvalue weighted by Gasteiger charge is 2.20. The first-order chi connectivity index (χ1) is 7.98. The Bertz CT molecular complexity index is 547. The van der Waals surface area contributed by atoms with Crippen LogP contribution in [0.3, 0.4) is 0 Å². The van der Waals surface area contributed by atoms with E-state index in [1.807, 2.05) is 6.07 Å². The monoisotopic (exact) mass is 251 g/mol. The Morgan fingerprint density at radius 2 is 2.12 bits per heavy atom. The molecular weight excluding hydrogens is 234 g/mol. The van der Waals surface area contributed by atoms with Gasteiger partial charge in [0.25, 0.3) is 0 Å². The van der Waals surface area contributed by atoms with E-state index >= 15 is 0 Å². The van der Waals surface area contributed by atoms with Crippen LogP contribution in [0.25, 0.3) is 0 Å². The quantitative estimate of drug-likeness (QED) is 0.889. The van der Waals surface area contributed by atoms with Gasteiger partial charge in [-0.3, -0.25) is 0 Å². The average molecular weight is 251 g/mol. The standard InChI is InChI=1S/C13H17NO2S/c1-10-4-3-5-12(11(10)2)8-14-13-6-7-17(15,16)9-13/h3-7,13-14H,8-9H2,1-2H3. The molecule has 1 heterocycles. The maximum atomic E-state index is 11.2. The highest BCUT2D eigenvalue weighted by Crippen LogP contribution is 2.14. The van der Waals surface area contributed by atoms with Crippen LogP contribution in [0.4, 0.5) is 0 Å². The minimum absolute atomic E-state index is 0.0556. The molecule has 3 nitrogen and oxygen atoms in total. The normalized spacial score (nSPS) is 21.9. The molecule has 0 aliphatic carbocycles. The summed E-state index contributed by atoms with van der Waals surface area (Å²) in [7, 11) is -2.96. The molecule has 1 N–H and O–H groups in total. The largest absolute Gasteiger partial charge is 0.305 e.